The van der Waals surface area contributed by atoms with E-state index in [1.165, 1.54) is 0 Å². The van der Waals surface area contributed by atoms with Crippen LogP contribution in [0.5, 0.6) is 0 Å². The number of hydrogen-bond donors (Lipinski definition) is 1. The van der Waals surface area contributed by atoms with Gasteiger partial charge < -0.3 is 10.2 Å². The van der Waals surface area contributed by atoms with Gasteiger partial charge in [-0.05, 0) is 33.1 Å². The molecule has 2 N–H and O–H groups in total. The predicted octanol–water partition coefficient (Wildman–Crippen LogP) is 1.92. The van der Waals surface area contributed by atoms with E-state index in [-0.39, 0.29) is 17.5 Å². The van der Waals surface area contributed by atoms with E-state index in [0.29, 0.717) is 23.6 Å². The summed E-state index contributed by atoms with van der Waals surface area (Å²) < 4.78 is 32.7. The molecule has 0 unspecified atom stereocenters. The van der Waals surface area contributed by atoms with Gasteiger partial charge >= 0.3 is 0 Å². The van der Waals surface area contributed by atoms with Crippen molar-refractivity contribution in [3.63, 3.8) is 0 Å². The van der Waals surface area contributed by atoms with Crippen LogP contribution in [0.4, 0.5) is 0 Å². The zero-order chi connectivity index (χ0) is 14.2. The summed E-state index contributed by atoms with van der Waals surface area (Å²) in [5, 5.41) is 0. The third kappa shape index (κ3) is 2.57. The molecule has 2 rings (SSSR count). The summed E-state index contributed by atoms with van der Waals surface area (Å²) in [6, 6.07) is 0.158. The highest BCUT2D eigenvalue weighted by Gasteiger charge is 2.40. The van der Waals surface area contributed by atoms with Crippen LogP contribution in [0.3, 0.4) is 0 Å². The van der Waals surface area contributed by atoms with Crippen molar-refractivity contribution in [2.45, 2.75) is 57.5 Å². The fourth-order valence-corrected chi connectivity index (χ4v) is 4.69. The van der Waals surface area contributed by atoms with Gasteiger partial charge in [-0.25, -0.2) is 8.42 Å². The molecular weight excluding hydrogens is 264 g/mol. The Labute approximate surface area is 114 Å². The molecule has 1 aromatic rings. The van der Waals surface area contributed by atoms with Crippen molar-refractivity contribution in [1.82, 2.24) is 4.31 Å². The summed E-state index contributed by atoms with van der Waals surface area (Å²) in [7, 11) is -3.49. The number of hydrogen-bond acceptors (Lipinski definition) is 4. The number of nitrogens with two attached hydrogens (primary N) is 1. The Hall–Kier alpha value is -0.850. The first-order valence-corrected chi connectivity index (χ1v) is 8.18. The number of rotatable bonds is 6. The number of furan rings is 1. The minimum absolute atomic E-state index is 0.158. The molecule has 0 radical (unpaired) electrons. The van der Waals surface area contributed by atoms with E-state index < -0.39 is 10.0 Å². The molecule has 1 aliphatic carbocycles. The van der Waals surface area contributed by atoms with E-state index in [0.717, 1.165) is 19.3 Å². The molecule has 0 bridgehead atoms. The Bertz CT molecular complexity index is 559. The molecular formula is C13H22N2O3S. The molecule has 108 valence electrons. The smallest absolute Gasteiger partial charge is 0.247 e. The molecule has 19 heavy (non-hydrogen) atoms. The van der Waals surface area contributed by atoms with Crippen LogP contribution in [-0.2, 0) is 16.6 Å². The first-order valence-electron chi connectivity index (χ1n) is 6.74. The third-order valence-corrected chi connectivity index (χ3v) is 5.64. The highest BCUT2D eigenvalue weighted by atomic mass is 32.2. The van der Waals surface area contributed by atoms with Crippen LogP contribution in [0, 0.1) is 13.8 Å². The highest BCUT2D eigenvalue weighted by Crippen LogP contribution is 2.35. The first-order chi connectivity index (χ1) is 8.93. The molecule has 0 atom stereocenters. The standard InChI is InChI=1S/C13H22N2O3S/c1-4-7-15(11-5-6-11)19(16,17)13-10(3)18-9(2)12(13)8-14/h11H,4-8,14H2,1-3H3. The van der Waals surface area contributed by atoms with Gasteiger partial charge in [-0.1, -0.05) is 6.92 Å². The molecule has 1 aromatic heterocycles. The van der Waals surface area contributed by atoms with Crippen molar-refractivity contribution >= 4 is 10.0 Å². The van der Waals surface area contributed by atoms with Crippen LogP contribution in [0.1, 0.15) is 43.3 Å². The third-order valence-electron chi connectivity index (χ3n) is 3.49. The maximum Gasteiger partial charge on any atom is 0.247 e. The fourth-order valence-electron chi connectivity index (χ4n) is 2.48. The second-order valence-electron chi connectivity index (χ2n) is 5.07. The van der Waals surface area contributed by atoms with E-state index >= 15 is 0 Å². The highest BCUT2D eigenvalue weighted by molar-refractivity contribution is 7.89. The van der Waals surface area contributed by atoms with E-state index in [2.05, 4.69) is 0 Å². The van der Waals surface area contributed by atoms with Crippen molar-refractivity contribution < 1.29 is 12.8 Å². The first kappa shape index (κ1) is 14.6. The fraction of sp³-hybridized carbons (Fsp3) is 0.692. The SMILES string of the molecule is CCCN(C1CC1)S(=O)(=O)c1c(C)oc(C)c1CN. The summed E-state index contributed by atoms with van der Waals surface area (Å²) in [6.45, 7) is 6.18. The van der Waals surface area contributed by atoms with Crippen LogP contribution < -0.4 is 5.73 Å². The summed E-state index contributed by atoms with van der Waals surface area (Å²) in [6.07, 6.45) is 2.71. The molecule has 0 aliphatic heterocycles. The van der Waals surface area contributed by atoms with Gasteiger partial charge in [-0.3, -0.25) is 0 Å². The van der Waals surface area contributed by atoms with Crippen LogP contribution in [0.25, 0.3) is 0 Å². The van der Waals surface area contributed by atoms with Gasteiger partial charge in [0.05, 0.1) is 0 Å². The lowest BCUT2D eigenvalue weighted by Crippen LogP contribution is -2.34. The molecule has 0 saturated heterocycles. The Morgan fingerprint density at radius 2 is 1.95 bits per heavy atom. The molecule has 5 nitrogen and oxygen atoms in total. The Kier molecular flexibility index (Phi) is 4.03. The average molecular weight is 286 g/mol. The minimum Gasteiger partial charge on any atom is -0.465 e. The lowest BCUT2D eigenvalue weighted by atomic mass is 10.2. The minimum atomic E-state index is -3.49. The van der Waals surface area contributed by atoms with Crippen LogP contribution in [0.2, 0.25) is 0 Å². The van der Waals surface area contributed by atoms with Crippen molar-refractivity contribution in [2.75, 3.05) is 6.54 Å². The molecule has 1 heterocycles. The van der Waals surface area contributed by atoms with Gasteiger partial charge in [0.1, 0.15) is 16.4 Å². The lowest BCUT2D eigenvalue weighted by Gasteiger charge is -2.21. The van der Waals surface area contributed by atoms with Crippen molar-refractivity contribution in [2.24, 2.45) is 5.73 Å². The zero-order valence-electron chi connectivity index (χ0n) is 11.8. The van der Waals surface area contributed by atoms with Crippen molar-refractivity contribution in [3.8, 4) is 0 Å². The largest absolute Gasteiger partial charge is 0.465 e. The van der Waals surface area contributed by atoms with E-state index in [1.807, 2.05) is 6.92 Å². The van der Waals surface area contributed by atoms with Gasteiger partial charge in [0.15, 0.2) is 0 Å². The zero-order valence-corrected chi connectivity index (χ0v) is 12.6. The topological polar surface area (TPSA) is 76.5 Å². The Morgan fingerprint density at radius 3 is 2.42 bits per heavy atom. The maximum atomic E-state index is 12.8. The number of sulfonamides is 1. The van der Waals surface area contributed by atoms with E-state index in [1.54, 1.807) is 18.2 Å². The second-order valence-corrected chi connectivity index (χ2v) is 6.90. The molecule has 0 amide bonds. The Morgan fingerprint density at radius 1 is 1.32 bits per heavy atom. The summed E-state index contributed by atoms with van der Waals surface area (Å²) in [5.74, 6) is 1.05. The van der Waals surface area contributed by atoms with Crippen LogP contribution >= 0.6 is 0 Å². The molecule has 6 heteroatoms. The van der Waals surface area contributed by atoms with Crippen LogP contribution in [-0.4, -0.2) is 25.3 Å². The van der Waals surface area contributed by atoms with E-state index in [9.17, 15) is 8.42 Å². The molecule has 0 aromatic carbocycles. The summed E-state index contributed by atoms with van der Waals surface area (Å²) in [5.41, 5.74) is 6.29. The second kappa shape index (κ2) is 5.26. The van der Waals surface area contributed by atoms with Gasteiger partial charge in [0.25, 0.3) is 0 Å². The van der Waals surface area contributed by atoms with Crippen LogP contribution in [0.15, 0.2) is 9.31 Å². The molecule has 1 aliphatic rings. The maximum absolute atomic E-state index is 12.8. The van der Waals surface area contributed by atoms with Gasteiger partial charge in [-0.2, -0.15) is 4.31 Å². The van der Waals surface area contributed by atoms with Gasteiger partial charge in [-0.15, -0.1) is 0 Å². The van der Waals surface area contributed by atoms with Gasteiger partial charge in [0.2, 0.25) is 10.0 Å². The summed E-state index contributed by atoms with van der Waals surface area (Å²) in [4.78, 5) is 0.285. The van der Waals surface area contributed by atoms with Crippen molar-refractivity contribution in [3.05, 3.63) is 17.1 Å². The number of aryl methyl sites for hydroxylation is 2. The predicted molar refractivity (Wildman–Crippen MR) is 73.3 cm³/mol. The molecule has 1 fully saturated rings. The molecule has 0 spiro atoms. The molecule has 1 saturated carbocycles. The number of nitrogens with zero attached hydrogens (tertiary/aromatic N) is 1. The summed E-state index contributed by atoms with van der Waals surface area (Å²) >= 11 is 0. The average Bonchev–Trinajstić information content (AvgIpc) is 3.11. The van der Waals surface area contributed by atoms with Crippen molar-refractivity contribution in [1.29, 1.82) is 0 Å². The Balaban J connectivity index is 2.48. The normalized spacial score (nSPS) is 16.3. The quantitative estimate of drug-likeness (QED) is 0.866. The van der Waals surface area contributed by atoms with Gasteiger partial charge in [0, 0.05) is 24.7 Å². The van der Waals surface area contributed by atoms with E-state index in [4.69, 9.17) is 10.2 Å². The lowest BCUT2D eigenvalue weighted by molar-refractivity contribution is 0.401. The monoisotopic (exact) mass is 286 g/mol.